The Morgan fingerprint density at radius 1 is 1.50 bits per heavy atom. The third-order valence-electron chi connectivity index (χ3n) is 2.61. The van der Waals surface area contributed by atoms with Crippen molar-refractivity contribution in [2.75, 3.05) is 11.5 Å². The molecule has 0 aromatic rings. The van der Waals surface area contributed by atoms with Gasteiger partial charge in [-0.2, -0.15) is 11.8 Å². The highest BCUT2D eigenvalue weighted by molar-refractivity contribution is 7.99. The number of aliphatic hydroxyl groups excluding tert-OH is 1. The molecule has 12 heavy (non-hydrogen) atoms. The molecule has 1 heterocycles. The molecular weight excluding hydrogens is 170 g/mol. The first-order valence-electron chi connectivity index (χ1n) is 4.64. The Bertz CT molecular complexity index is 132. The van der Waals surface area contributed by atoms with Gasteiger partial charge in [0.05, 0.1) is 6.10 Å². The zero-order chi connectivity index (χ0) is 9.14. The van der Waals surface area contributed by atoms with Crippen molar-refractivity contribution < 1.29 is 5.11 Å². The molecule has 3 N–H and O–H groups in total. The van der Waals surface area contributed by atoms with E-state index in [0.29, 0.717) is 11.8 Å². The van der Waals surface area contributed by atoms with E-state index in [-0.39, 0.29) is 12.1 Å². The fourth-order valence-electron chi connectivity index (χ4n) is 1.53. The van der Waals surface area contributed by atoms with Crippen LogP contribution in [0.25, 0.3) is 0 Å². The van der Waals surface area contributed by atoms with Crippen LogP contribution in [0.4, 0.5) is 0 Å². The minimum atomic E-state index is -0.292. The molecule has 1 saturated heterocycles. The number of thioether (sulfide) groups is 1. The molecule has 0 aromatic carbocycles. The second kappa shape index (κ2) is 4.49. The zero-order valence-electron chi connectivity index (χ0n) is 7.86. The highest BCUT2D eigenvalue weighted by Gasteiger charge is 2.29. The van der Waals surface area contributed by atoms with Gasteiger partial charge in [0.25, 0.3) is 0 Å². The van der Waals surface area contributed by atoms with E-state index in [9.17, 15) is 5.11 Å². The summed E-state index contributed by atoms with van der Waals surface area (Å²) in [5.41, 5.74) is 5.88. The topological polar surface area (TPSA) is 46.2 Å². The molecule has 3 atom stereocenters. The van der Waals surface area contributed by atoms with E-state index in [0.717, 1.165) is 12.2 Å². The maximum absolute atomic E-state index is 9.85. The quantitative estimate of drug-likeness (QED) is 0.698. The Morgan fingerprint density at radius 2 is 2.17 bits per heavy atom. The van der Waals surface area contributed by atoms with Crippen LogP contribution in [0.3, 0.4) is 0 Å². The fraction of sp³-hybridized carbons (Fsp3) is 1.00. The highest BCUT2D eigenvalue weighted by Crippen LogP contribution is 2.28. The summed E-state index contributed by atoms with van der Waals surface area (Å²) in [5, 5.41) is 9.85. The summed E-state index contributed by atoms with van der Waals surface area (Å²) in [6, 6.07) is -0.0475. The van der Waals surface area contributed by atoms with Crippen LogP contribution in [0.15, 0.2) is 0 Å². The predicted octanol–water partition coefficient (Wildman–Crippen LogP) is 1.08. The van der Waals surface area contributed by atoms with Gasteiger partial charge in [-0.15, -0.1) is 0 Å². The van der Waals surface area contributed by atoms with Gasteiger partial charge < -0.3 is 10.8 Å². The minimum Gasteiger partial charge on any atom is -0.391 e. The molecule has 0 radical (unpaired) electrons. The summed E-state index contributed by atoms with van der Waals surface area (Å²) in [6.07, 6.45) is 0.840. The van der Waals surface area contributed by atoms with Gasteiger partial charge in [-0.1, -0.05) is 13.8 Å². The lowest BCUT2D eigenvalue weighted by atomic mass is 9.90. The molecule has 72 valence electrons. The van der Waals surface area contributed by atoms with Crippen LogP contribution in [-0.2, 0) is 0 Å². The van der Waals surface area contributed by atoms with Crippen LogP contribution in [0, 0.1) is 11.8 Å². The van der Waals surface area contributed by atoms with Crippen molar-refractivity contribution >= 4 is 11.8 Å². The monoisotopic (exact) mass is 189 g/mol. The Hall–Kier alpha value is 0.270. The number of nitrogens with two attached hydrogens (primary N) is 1. The molecular formula is C9H19NOS. The average molecular weight is 189 g/mol. The van der Waals surface area contributed by atoms with Gasteiger partial charge in [-0.05, 0) is 29.8 Å². The van der Waals surface area contributed by atoms with Crippen LogP contribution in [0.1, 0.15) is 20.3 Å². The van der Waals surface area contributed by atoms with E-state index in [1.807, 2.05) is 11.8 Å². The van der Waals surface area contributed by atoms with E-state index in [4.69, 9.17) is 5.73 Å². The Kier molecular flexibility index (Phi) is 3.87. The Labute approximate surface area is 78.9 Å². The zero-order valence-corrected chi connectivity index (χ0v) is 8.68. The molecule has 0 aliphatic carbocycles. The van der Waals surface area contributed by atoms with Crippen molar-refractivity contribution in [3.63, 3.8) is 0 Å². The van der Waals surface area contributed by atoms with Gasteiger partial charge in [0.2, 0.25) is 0 Å². The molecule has 3 unspecified atom stereocenters. The van der Waals surface area contributed by atoms with E-state index >= 15 is 0 Å². The first-order chi connectivity index (χ1) is 5.63. The van der Waals surface area contributed by atoms with Gasteiger partial charge in [0.15, 0.2) is 0 Å². The number of hydrogen-bond acceptors (Lipinski definition) is 3. The summed E-state index contributed by atoms with van der Waals surface area (Å²) in [7, 11) is 0. The molecule has 0 spiro atoms. The summed E-state index contributed by atoms with van der Waals surface area (Å²) < 4.78 is 0. The van der Waals surface area contributed by atoms with E-state index in [1.165, 1.54) is 5.75 Å². The van der Waals surface area contributed by atoms with Gasteiger partial charge in [0, 0.05) is 6.04 Å². The molecule has 2 nitrogen and oxygen atoms in total. The van der Waals surface area contributed by atoms with Crippen LogP contribution in [-0.4, -0.2) is 28.8 Å². The molecule has 0 saturated carbocycles. The van der Waals surface area contributed by atoms with Crippen LogP contribution in [0.5, 0.6) is 0 Å². The van der Waals surface area contributed by atoms with Crippen molar-refractivity contribution in [1.82, 2.24) is 0 Å². The minimum absolute atomic E-state index is 0.0475. The largest absolute Gasteiger partial charge is 0.391 e. The third kappa shape index (κ3) is 2.38. The lowest BCUT2D eigenvalue weighted by molar-refractivity contribution is 0.0769. The van der Waals surface area contributed by atoms with Gasteiger partial charge in [0.1, 0.15) is 0 Å². The predicted molar refractivity (Wildman–Crippen MR) is 54.3 cm³/mol. The summed E-state index contributed by atoms with van der Waals surface area (Å²) in [5.74, 6) is 3.09. The van der Waals surface area contributed by atoms with Crippen LogP contribution < -0.4 is 5.73 Å². The van der Waals surface area contributed by atoms with Crippen molar-refractivity contribution in [3.05, 3.63) is 0 Å². The first-order valence-corrected chi connectivity index (χ1v) is 5.79. The average Bonchev–Trinajstić information content (AvgIpc) is 2.53. The van der Waals surface area contributed by atoms with Gasteiger partial charge >= 0.3 is 0 Å². The number of rotatable bonds is 3. The molecule has 3 heteroatoms. The molecule has 1 fully saturated rings. The van der Waals surface area contributed by atoms with Crippen LogP contribution in [0.2, 0.25) is 0 Å². The molecule has 0 bridgehead atoms. The van der Waals surface area contributed by atoms with Crippen molar-refractivity contribution in [1.29, 1.82) is 0 Å². The van der Waals surface area contributed by atoms with Crippen molar-refractivity contribution in [2.45, 2.75) is 32.4 Å². The van der Waals surface area contributed by atoms with E-state index in [2.05, 4.69) is 13.8 Å². The molecule has 1 aliphatic heterocycles. The van der Waals surface area contributed by atoms with E-state index in [1.54, 1.807) is 0 Å². The lowest BCUT2D eigenvalue weighted by Gasteiger charge is -2.26. The van der Waals surface area contributed by atoms with Gasteiger partial charge in [-0.25, -0.2) is 0 Å². The molecule has 0 aromatic heterocycles. The third-order valence-corrected chi connectivity index (χ3v) is 3.80. The Balaban J connectivity index is 2.39. The summed E-state index contributed by atoms with van der Waals surface area (Å²) in [4.78, 5) is 0. The second-order valence-corrected chi connectivity index (χ2v) is 5.09. The lowest BCUT2D eigenvalue weighted by Crippen LogP contribution is -2.43. The Morgan fingerprint density at radius 3 is 2.58 bits per heavy atom. The maximum atomic E-state index is 9.85. The summed E-state index contributed by atoms with van der Waals surface area (Å²) >= 11 is 1.92. The van der Waals surface area contributed by atoms with E-state index < -0.39 is 0 Å². The first kappa shape index (κ1) is 10.4. The number of hydrogen-bond donors (Lipinski definition) is 2. The molecule has 1 rings (SSSR count). The molecule has 0 amide bonds. The van der Waals surface area contributed by atoms with Crippen molar-refractivity contribution in [2.24, 2.45) is 17.6 Å². The normalized spacial score (nSPS) is 29.2. The molecule has 1 aliphatic rings. The number of aliphatic hydroxyl groups is 1. The van der Waals surface area contributed by atoms with Crippen molar-refractivity contribution in [3.8, 4) is 0 Å². The van der Waals surface area contributed by atoms with Gasteiger partial charge in [-0.3, -0.25) is 0 Å². The SMILES string of the molecule is CC(C)C(N)C(O)C1CCSC1. The van der Waals surface area contributed by atoms with Crippen LogP contribution >= 0.6 is 11.8 Å². The standard InChI is InChI=1S/C9H19NOS/c1-6(2)8(10)9(11)7-3-4-12-5-7/h6-9,11H,3-5,10H2,1-2H3. The maximum Gasteiger partial charge on any atom is 0.0729 e. The smallest absolute Gasteiger partial charge is 0.0729 e. The second-order valence-electron chi connectivity index (χ2n) is 3.94. The fourth-order valence-corrected chi connectivity index (χ4v) is 2.83. The summed E-state index contributed by atoms with van der Waals surface area (Å²) in [6.45, 7) is 4.13. The highest BCUT2D eigenvalue weighted by atomic mass is 32.2.